The molecule has 17 heteroatoms. The molecular weight excluding hydrogens is 812 g/mol. The Balaban J connectivity index is -0.000000791. The number of carbonyl (C=O) groups is 4. The largest absolute Gasteiger partial charge is 0.469 e. The van der Waals surface area contributed by atoms with Gasteiger partial charge in [0, 0.05) is 50.8 Å². The highest BCUT2D eigenvalue weighted by Gasteiger charge is 2.53. The number of hydrogen-bond donors (Lipinski definition) is 1. The van der Waals surface area contributed by atoms with E-state index >= 15 is 0 Å². The van der Waals surface area contributed by atoms with E-state index in [9.17, 15) is 36.7 Å². The Morgan fingerprint density at radius 2 is 1.29 bits per heavy atom. The Morgan fingerprint density at radius 1 is 0.768 bits per heavy atom. The molecule has 2 heterocycles. The maximum Gasteiger partial charge on any atom is 0.326 e. The van der Waals surface area contributed by atoms with E-state index in [-0.39, 0.29) is 31.7 Å². The summed E-state index contributed by atoms with van der Waals surface area (Å²) in [7, 11) is 2.78. The van der Waals surface area contributed by atoms with Crippen LogP contribution in [-0.2, 0) is 47.6 Å². The number of likely N-dealkylation sites (tertiary alicyclic amines) is 1. The standard InChI is InChI=1S/C18H31F2NO5.C9H15F2NO3.C8H15BrO2.2C2H4/c1-4-16(25-5-2)26-13-14-12-18(19,20)17(23)21(14)11-9-7-6-8-10-15(22)24-3;1-3-14-6(2)15-5-7-4-9(10,11)8(13)12-7;1-11-8(10)6-4-2-3-5-7-9;2*1-2/h14,16H,4-13H2,1-3H3;6-7H,3-5H2,1-2H3,(H,12,13);2-7H2,1H3;2*1-2H2/t14-,16?;6?,7-;;;/m11.../s1. The number of methoxy groups -OCH3 is 2. The number of esters is 2. The third kappa shape index (κ3) is 27.1. The van der Waals surface area contributed by atoms with Crippen molar-refractivity contribution in [1.29, 1.82) is 0 Å². The van der Waals surface area contributed by atoms with Gasteiger partial charge in [0.1, 0.15) is 0 Å². The molecule has 2 unspecified atom stereocenters. The number of halogens is 5. The summed E-state index contributed by atoms with van der Waals surface area (Å²) in [6.07, 6.45) is 6.95. The van der Waals surface area contributed by atoms with Crippen LogP contribution in [0.1, 0.15) is 111 Å². The van der Waals surface area contributed by atoms with Gasteiger partial charge in [-0.3, -0.25) is 19.2 Å². The summed E-state index contributed by atoms with van der Waals surface area (Å²) in [5.74, 6) is -9.28. The van der Waals surface area contributed by atoms with Gasteiger partial charge in [0.15, 0.2) is 12.6 Å². The number of ether oxygens (including phenoxy) is 6. The minimum atomic E-state index is -3.33. The van der Waals surface area contributed by atoms with E-state index in [1.54, 1.807) is 6.92 Å². The monoisotopic (exact) mass is 880 g/mol. The van der Waals surface area contributed by atoms with Crippen LogP contribution in [0.5, 0.6) is 0 Å². The van der Waals surface area contributed by atoms with Crippen molar-refractivity contribution in [3.8, 4) is 0 Å². The van der Waals surface area contributed by atoms with Crippen LogP contribution in [0.3, 0.4) is 0 Å². The number of hydrogen-bond acceptors (Lipinski definition) is 10. The summed E-state index contributed by atoms with van der Waals surface area (Å²) >= 11 is 3.35. The van der Waals surface area contributed by atoms with Gasteiger partial charge in [0.05, 0.1) is 39.5 Å². The minimum absolute atomic E-state index is 0.0438. The van der Waals surface area contributed by atoms with Crippen molar-refractivity contribution in [2.24, 2.45) is 0 Å². The van der Waals surface area contributed by atoms with Gasteiger partial charge >= 0.3 is 23.8 Å². The van der Waals surface area contributed by atoms with Crippen LogP contribution in [0.15, 0.2) is 26.3 Å². The second-order valence-electron chi connectivity index (χ2n) is 12.3. The molecule has 1 N–H and O–H groups in total. The molecule has 2 saturated heterocycles. The van der Waals surface area contributed by atoms with Crippen LogP contribution in [0.25, 0.3) is 0 Å². The maximum absolute atomic E-state index is 13.8. The second-order valence-corrected chi connectivity index (χ2v) is 13.1. The molecule has 0 aromatic rings. The predicted octanol–water partition coefficient (Wildman–Crippen LogP) is 8.15. The van der Waals surface area contributed by atoms with Crippen LogP contribution in [-0.4, -0.2) is 118 Å². The Labute approximate surface area is 340 Å². The van der Waals surface area contributed by atoms with E-state index in [2.05, 4.69) is 57.0 Å². The van der Waals surface area contributed by atoms with Crippen molar-refractivity contribution in [2.45, 2.75) is 148 Å². The van der Waals surface area contributed by atoms with E-state index in [0.29, 0.717) is 45.3 Å². The summed E-state index contributed by atoms with van der Waals surface area (Å²) < 4.78 is 83.4. The Kier molecular flexibility index (Phi) is 36.6. The second kappa shape index (κ2) is 35.6. The zero-order valence-electron chi connectivity index (χ0n) is 34.5. The molecule has 12 nitrogen and oxygen atoms in total. The van der Waals surface area contributed by atoms with E-state index < -0.39 is 61.2 Å². The van der Waals surface area contributed by atoms with E-state index in [1.165, 1.54) is 32.0 Å². The molecule has 2 aliphatic heterocycles. The van der Waals surface area contributed by atoms with Gasteiger partial charge in [-0.05, 0) is 52.9 Å². The molecule has 0 saturated carbocycles. The lowest BCUT2D eigenvalue weighted by Crippen LogP contribution is -2.39. The minimum Gasteiger partial charge on any atom is -0.469 e. The average Bonchev–Trinajstić information content (AvgIpc) is 3.58. The summed E-state index contributed by atoms with van der Waals surface area (Å²) in [6, 6.07) is -1.27. The zero-order chi connectivity index (χ0) is 43.6. The number of rotatable bonds is 24. The quantitative estimate of drug-likeness (QED) is 0.0253. The van der Waals surface area contributed by atoms with Crippen molar-refractivity contribution in [3.63, 3.8) is 0 Å². The van der Waals surface area contributed by atoms with Gasteiger partial charge in [-0.2, -0.15) is 17.6 Å². The van der Waals surface area contributed by atoms with Crippen LogP contribution in [0.2, 0.25) is 0 Å². The average molecular weight is 882 g/mol. The Bertz CT molecular complexity index is 1050. The lowest BCUT2D eigenvalue weighted by molar-refractivity contribution is -0.154. The third-order valence-electron chi connectivity index (χ3n) is 8.02. The number of carbonyl (C=O) groups excluding carboxylic acids is 4. The molecule has 2 rings (SSSR count). The fourth-order valence-corrected chi connectivity index (χ4v) is 5.59. The van der Waals surface area contributed by atoms with E-state index in [0.717, 1.165) is 31.0 Å². The number of nitrogens with one attached hydrogen (secondary N) is 1. The van der Waals surface area contributed by atoms with Crippen molar-refractivity contribution in [2.75, 3.05) is 52.5 Å². The number of amides is 2. The van der Waals surface area contributed by atoms with Crippen LogP contribution in [0.4, 0.5) is 17.6 Å². The molecule has 2 amide bonds. The zero-order valence-corrected chi connectivity index (χ0v) is 36.1. The fourth-order valence-electron chi connectivity index (χ4n) is 5.20. The highest BCUT2D eigenvalue weighted by atomic mass is 79.9. The predicted molar refractivity (Wildman–Crippen MR) is 212 cm³/mol. The molecule has 0 bridgehead atoms. The third-order valence-corrected chi connectivity index (χ3v) is 8.58. The molecule has 0 radical (unpaired) electrons. The Morgan fingerprint density at radius 3 is 1.73 bits per heavy atom. The van der Waals surface area contributed by atoms with Crippen LogP contribution < -0.4 is 5.32 Å². The SMILES string of the molecule is C=C.C=C.CCOC(C)OC[C@H]1CC(F)(F)C(=O)N1.CCOC(CC)OC[C@H]1CC(F)(F)C(=O)N1CCCCCCC(=O)OC.COC(=O)CCCCCCBr. The molecule has 330 valence electrons. The normalized spacial score (nSPS) is 18.6. The summed E-state index contributed by atoms with van der Waals surface area (Å²) in [6.45, 7) is 20.6. The fraction of sp³-hybridized carbons (Fsp3) is 0.795. The highest BCUT2D eigenvalue weighted by molar-refractivity contribution is 9.09. The smallest absolute Gasteiger partial charge is 0.326 e. The lowest BCUT2D eigenvalue weighted by Gasteiger charge is -2.26. The first-order valence-corrected chi connectivity index (χ1v) is 20.3. The lowest BCUT2D eigenvalue weighted by atomic mass is 10.1. The van der Waals surface area contributed by atoms with Crippen LogP contribution >= 0.6 is 15.9 Å². The van der Waals surface area contributed by atoms with Crippen molar-refractivity contribution >= 4 is 39.7 Å². The summed E-state index contributed by atoms with van der Waals surface area (Å²) in [5, 5.41) is 3.23. The first-order valence-electron chi connectivity index (χ1n) is 19.2. The van der Waals surface area contributed by atoms with Crippen LogP contribution in [0, 0.1) is 0 Å². The molecule has 0 spiro atoms. The highest BCUT2D eigenvalue weighted by Crippen LogP contribution is 2.34. The molecule has 0 aliphatic carbocycles. The molecule has 0 aromatic carbocycles. The van der Waals surface area contributed by atoms with Gasteiger partial charge in [-0.25, -0.2) is 0 Å². The molecule has 4 atom stereocenters. The summed E-state index contributed by atoms with van der Waals surface area (Å²) in [5.41, 5.74) is 0. The molecule has 0 aromatic heterocycles. The van der Waals surface area contributed by atoms with Gasteiger partial charge in [0.2, 0.25) is 0 Å². The number of nitrogens with zero attached hydrogens (tertiary/aromatic N) is 1. The molecule has 2 fully saturated rings. The molecule has 2 aliphatic rings. The van der Waals surface area contributed by atoms with E-state index in [4.69, 9.17) is 18.9 Å². The first kappa shape index (κ1) is 57.7. The van der Waals surface area contributed by atoms with Crippen molar-refractivity contribution in [3.05, 3.63) is 26.3 Å². The van der Waals surface area contributed by atoms with Gasteiger partial charge in [0.25, 0.3) is 11.8 Å². The van der Waals surface area contributed by atoms with Gasteiger partial charge in [-0.1, -0.05) is 48.5 Å². The van der Waals surface area contributed by atoms with Crippen molar-refractivity contribution < 1.29 is 65.2 Å². The van der Waals surface area contributed by atoms with Gasteiger partial charge < -0.3 is 38.6 Å². The molecule has 56 heavy (non-hydrogen) atoms. The topological polar surface area (TPSA) is 139 Å². The summed E-state index contributed by atoms with van der Waals surface area (Å²) in [4.78, 5) is 45.6. The number of unbranched alkanes of at least 4 members (excludes halogenated alkanes) is 6. The molecular formula is C39H69BrF4N2O10. The number of alkyl halides is 5. The van der Waals surface area contributed by atoms with E-state index in [1.807, 2.05) is 20.8 Å². The first-order chi connectivity index (χ1) is 26.6. The maximum atomic E-state index is 13.8. The Hall–Kier alpha value is -2.60. The van der Waals surface area contributed by atoms with Gasteiger partial charge in [-0.15, -0.1) is 26.3 Å². The van der Waals surface area contributed by atoms with Crippen molar-refractivity contribution in [1.82, 2.24) is 10.2 Å².